The average Bonchev–Trinajstić information content (AvgIpc) is 2.96. The van der Waals surface area contributed by atoms with Gasteiger partial charge in [0.25, 0.3) is 0 Å². The Hall–Kier alpha value is -4.52. The fraction of sp³-hybridized carbons (Fsp3) is 0.296. The van der Waals surface area contributed by atoms with Crippen molar-refractivity contribution in [2.45, 2.75) is 45.7 Å². The van der Waals surface area contributed by atoms with Gasteiger partial charge in [-0.05, 0) is 48.2 Å². The van der Waals surface area contributed by atoms with E-state index in [-0.39, 0.29) is 0 Å². The number of quaternary nitrogens is 1. The summed E-state index contributed by atoms with van der Waals surface area (Å²) in [6.45, 7) is 6.31. The summed E-state index contributed by atoms with van der Waals surface area (Å²) in [5.41, 5.74) is 22.4. The van der Waals surface area contributed by atoms with E-state index in [0.29, 0.717) is 17.4 Å². The molecule has 0 radical (unpaired) electrons. The van der Waals surface area contributed by atoms with Crippen molar-refractivity contribution in [2.75, 3.05) is 6.54 Å². The first kappa shape index (κ1) is 36.7. The third kappa shape index (κ3) is 12.5. The van der Waals surface area contributed by atoms with Crippen molar-refractivity contribution >= 4 is 47.6 Å². The Kier molecular flexibility index (Phi) is 13.9. The highest BCUT2D eigenvalue weighted by molar-refractivity contribution is 6.50. The monoisotopic (exact) mass is 640 g/mol. The van der Waals surface area contributed by atoms with Crippen LogP contribution in [-0.2, 0) is 6.54 Å². The lowest BCUT2D eigenvalue weighted by atomic mass is 9.98. The van der Waals surface area contributed by atoms with E-state index < -0.39 is 14.5 Å². The summed E-state index contributed by atoms with van der Waals surface area (Å²) in [6, 6.07) is 22.5. The molecule has 8 nitrogen and oxygen atoms in total. The summed E-state index contributed by atoms with van der Waals surface area (Å²) in [7, 11) is -12.0. The molecule has 45 heavy (non-hydrogen) atoms. The summed E-state index contributed by atoms with van der Waals surface area (Å²) in [6.07, 6.45) is 3.31. The second-order valence-corrected chi connectivity index (χ2v) is 9.62. The van der Waals surface area contributed by atoms with Gasteiger partial charge in [-0.15, -0.1) is 0 Å². The third-order valence-electron chi connectivity index (χ3n) is 6.59. The van der Waals surface area contributed by atoms with E-state index in [4.69, 9.17) is 11.1 Å². The molecule has 18 heteroatoms. The lowest BCUT2D eigenvalue weighted by Crippen LogP contribution is -2.90. The normalized spacial score (nSPS) is 11.2. The molecule has 0 amide bonds. The van der Waals surface area contributed by atoms with Gasteiger partial charge in [0, 0.05) is 38.2 Å². The number of benzene rings is 3. The van der Waals surface area contributed by atoms with E-state index >= 15 is 0 Å². The second kappa shape index (κ2) is 17.1. The predicted octanol–water partition coefficient (Wildman–Crippen LogP) is 9.57. The zero-order chi connectivity index (χ0) is 33.6. The minimum Gasteiger partial charge on any atom is -0.418 e. The van der Waals surface area contributed by atoms with Gasteiger partial charge in [-0.2, -0.15) is 4.57 Å². The van der Waals surface area contributed by atoms with Gasteiger partial charge < -0.3 is 39.8 Å². The van der Waals surface area contributed by atoms with Gasteiger partial charge >= 0.3 is 14.5 Å². The predicted molar refractivity (Wildman–Crippen MR) is 161 cm³/mol. The van der Waals surface area contributed by atoms with Crippen LogP contribution in [0.2, 0.25) is 0 Å². The van der Waals surface area contributed by atoms with Crippen LogP contribution in [0.15, 0.2) is 77.0 Å². The van der Waals surface area contributed by atoms with E-state index in [1.807, 2.05) is 54.6 Å². The maximum absolute atomic E-state index is 9.75. The molecule has 0 bridgehead atoms. The Bertz CT molecular complexity index is 1630. The molecular formula is C27H30B2F8N8. The first-order valence-electron chi connectivity index (χ1n) is 13.9. The van der Waals surface area contributed by atoms with Crippen LogP contribution in [-0.4, -0.2) is 27.1 Å². The standard InChI is InChI=1S/C27H29N8.2BF4/c1-3-20(4-2)30-15-8-16-35-26-18-22(32-34-29)12-14-24(26)23-13-11-21(31-33-28)17-25(23)27(35)19-9-6-5-7-10-19;2*2-1(3,4)5/h5-7,9-14,17-18,20,30H,3-4,8,15-16H2,1-2H3;;/q+1;2*-1/p+1. The minimum absolute atomic E-state index is 0.579. The Labute approximate surface area is 253 Å². The summed E-state index contributed by atoms with van der Waals surface area (Å²) >= 11 is 0. The van der Waals surface area contributed by atoms with Gasteiger partial charge in [-0.1, -0.05) is 60.5 Å². The van der Waals surface area contributed by atoms with Crippen LogP contribution in [0, 0.1) is 0 Å². The van der Waals surface area contributed by atoms with E-state index in [1.54, 1.807) is 0 Å². The third-order valence-corrected chi connectivity index (χ3v) is 6.59. The number of azide groups is 2. The van der Waals surface area contributed by atoms with Crippen molar-refractivity contribution in [3.8, 4) is 11.3 Å². The molecule has 240 valence electrons. The second-order valence-electron chi connectivity index (χ2n) is 9.62. The highest BCUT2D eigenvalue weighted by Gasteiger charge is 2.24. The Balaban J connectivity index is 0.000000613. The van der Waals surface area contributed by atoms with Crippen LogP contribution >= 0.6 is 0 Å². The lowest BCUT2D eigenvalue weighted by Gasteiger charge is -2.14. The summed E-state index contributed by atoms with van der Waals surface area (Å²) < 4.78 is 80.3. The number of hydrogen-bond acceptors (Lipinski definition) is 2. The molecule has 4 rings (SSSR count). The molecule has 3 aromatic carbocycles. The molecule has 4 aromatic rings. The Morgan fingerprint density at radius 3 is 1.76 bits per heavy atom. The number of fused-ring (bicyclic) bond motifs is 3. The first-order valence-corrected chi connectivity index (χ1v) is 13.9. The van der Waals surface area contributed by atoms with Crippen molar-refractivity contribution in [1.82, 2.24) is 0 Å². The van der Waals surface area contributed by atoms with Crippen LogP contribution in [0.5, 0.6) is 0 Å². The summed E-state index contributed by atoms with van der Waals surface area (Å²) in [4.78, 5) is 5.99. The van der Waals surface area contributed by atoms with Gasteiger partial charge in [-0.3, -0.25) is 0 Å². The topological polar surface area (TPSA) is 118 Å². The molecule has 0 saturated carbocycles. The summed E-state index contributed by atoms with van der Waals surface area (Å²) in [5, 5.41) is 13.3. The van der Waals surface area contributed by atoms with Crippen molar-refractivity contribution in [3.05, 3.63) is 87.6 Å². The lowest BCUT2D eigenvalue weighted by molar-refractivity contribution is -0.705. The number of halogens is 8. The van der Waals surface area contributed by atoms with Crippen LogP contribution in [0.3, 0.4) is 0 Å². The zero-order valence-corrected chi connectivity index (χ0v) is 24.3. The van der Waals surface area contributed by atoms with Gasteiger partial charge in [0.2, 0.25) is 11.2 Å². The highest BCUT2D eigenvalue weighted by Crippen LogP contribution is 2.35. The SMILES string of the molecule is CCC(CC)[NH2+]CCC[n+]1c(-c2ccccc2)c2cc(N=[N+]=[N-])ccc2c2ccc(N=[N+]=[N-])cc21.F[B-](F)(F)F.F[B-](F)(F)F. The molecule has 0 unspecified atom stereocenters. The van der Waals surface area contributed by atoms with Crippen LogP contribution in [0.4, 0.5) is 45.9 Å². The van der Waals surface area contributed by atoms with E-state index in [2.05, 4.69) is 55.9 Å². The highest BCUT2D eigenvalue weighted by atomic mass is 19.5. The number of nitrogens with two attached hydrogens (primary N) is 1. The zero-order valence-electron chi connectivity index (χ0n) is 24.3. The van der Waals surface area contributed by atoms with Crippen LogP contribution < -0.4 is 9.88 Å². The van der Waals surface area contributed by atoms with Gasteiger partial charge in [0.1, 0.15) is 0 Å². The molecule has 0 aliphatic heterocycles. The van der Waals surface area contributed by atoms with Crippen molar-refractivity contribution in [3.63, 3.8) is 0 Å². The van der Waals surface area contributed by atoms with Crippen molar-refractivity contribution in [1.29, 1.82) is 0 Å². The maximum atomic E-state index is 9.75. The van der Waals surface area contributed by atoms with E-state index in [1.165, 1.54) is 0 Å². The molecular weight excluding hydrogens is 610 g/mol. The molecule has 2 N–H and O–H groups in total. The van der Waals surface area contributed by atoms with Crippen molar-refractivity contribution < 1.29 is 44.4 Å². The number of aromatic nitrogens is 1. The van der Waals surface area contributed by atoms with Gasteiger partial charge in [-0.25, -0.2) is 0 Å². The van der Waals surface area contributed by atoms with E-state index in [9.17, 15) is 34.5 Å². The number of nitrogens with zero attached hydrogens (tertiary/aromatic N) is 7. The summed E-state index contributed by atoms with van der Waals surface area (Å²) in [5.74, 6) is 0. The average molecular weight is 640 g/mol. The Morgan fingerprint density at radius 2 is 1.24 bits per heavy atom. The quantitative estimate of drug-likeness (QED) is 0.0260. The molecule has 0 aliphatic carbocycles. The van der Waals surface area contributed by atoms with Gasteiger partial charge in [0.15, 0.2) is 6.54 Å². The molecule has 0 spiro atoms. The smallest absolute Gasteiger partial charge is 0.418 e. The minimum atomic E-state index is -6.00. The molecule has 0 saturated heterocycles. The number of pyridine rings is 1. The Morgan fingerprint density at radius 1 is 0.733 bits per heavy atom. The van der Waals surface area contributed by atoms with Crippen molar-refractivity contribution in [2.24, 2.45) is 10.2 Å². The van der Waals surface area contributed by atoms with Crippen LogP contribution in [0.1, 0.15) is 33.1 Å². The first-order chi connectivity index (χ1) is 21.2. The van der Waals surface area contributed by atoms with Gasteiger partial charge in [0.05, 0.1) is 29.8 Å². The molecule has 0 fully saturated rings. The maximum Gasteiger partial charge on any atom is 0.673 e. The molecule has 0 atom stereocenters. The largest absolute Gasteiger partial charge is 0.673 e. The van der Waals surface area contributed by atoms with E-state index in [0.717, 1.165) is 65.3 Å². The fourth-order valence-corrected chi connectivity index (χ4v) is 4.79. The fourth-order valence-electron chi connectivity index (χ4n) is 4.79. The number of hydrogen-bond donors (Lipinski definition) is 1. The van der Waals surface area contributed by atoms with Crippen LogP contribution in [0.25, 0.3) is 53.8 Å². The molecule has 1 heterocycles. The number of rotatable bonds is 10. The molecule has 1 aromatic heterocycles. The molecule has 0 aliphatic rings. The number of aryl methyl sites for hydroxylation is 1.